The highest BCUT2D eigenvalue weighted by atomic mass is 35.5. The van der Waals surface area contributed by atoms with Gasteiger partial charge in [0.1, 0.15) is 5.82 Å². The van der Waals surface area contributed by atoms with Crippen molar-refractivity contribution in [3.63, 3.8) is 0 Å². The van der Waals surface area contributed by atoms with Crippen LogP contribution in [0, 0.1) is 0 Å². The molecule has 0 saturated heterocycles. The molecule has 4 rings (SSSR count). The maximum absolute atomic E-state index is 12.6. The summed E-state index contributed by atoms with van der Waals surface area (Å²) in [4.78, 5) is 17.3. The van der Waals surface area contributed by atoms with Crippen LogP contribution in [0.25, 0.3) is 22.6 Å². The normalized spacial score (nSPS) is 15.2. The van der Waals surface area contributed by atoms with E-state index < -0.39 is 0 Å². The van der Waals surface area contributed by atoms with Crippen molar-refractivity contribution in [2.24, 2.45) is 0 Å². The number of benzene rings is 2. The summed E-state index contributed by atoms with van der Waals surface area (Å²) in [6.07, 6.45) is 2.73. The molecule has 120 valence electrons. The molecular formula is C18H11Cl3N2O. The molecule has 0 unspecified atom stereocenters. The highest BCUT2D eigenvalue weighted by Crippen LogP contribution is 2.30. The van der Waals surface area contributed by atoms with Gasteiger partial charge in [-0.15, -0.1) is 0 Å². The Hall–Kier alpha value is -1.81. The van der Waals surface area contributed by atoms with Crippen molar-refractivity contribution in [1.29, 1.82) is 0 Å². The second-order valence-corrected chi connectivity index (χ2v) is 6.90. The fourth-order valence-corrected chi connectivity index (χ4v) is 3.40. The summed E-state index contributed by atoms with van der Waals surface area (Å²) >= 11 is 18.1. The minimum Gasteiger partial charge on any atom is -0.292 e. The van der Waals surface area contributed by atoms with Gasteiger partial charge in [0.15, 0.2) is 0 Å². The Bertz CT molecular complexity index is 1070. The van der Waals surface area contributed by atoms with E-state index in [-0.39, 0.29) is 5.56 Å². The third kappa shape index (κ3) is 2.63. The summed E-state index contributed by atoms with van der Waals surface area (Å²) in [5.41, 5.74) is 2.49. The predicted octanol–water partition coefficient (Wildman–Crippen LogP) is 5.30. The number of nitrogens with zero attached hydrogens (tertiary/aromatic N) is 2. The highest BCUT2D eigenvalue weighted by molar-refractivity contribution is 6.42. The second kappa shape index (κ2) is 5.92. The van der Waals surface area contributed by atoms with Crippen LogP contribution < -0.4 is 5.56 Å². The van der Waals surface area contributed by atoms with Gasteiger partial charge in [-0.3, -0.25) is 9.36 Å². The maximum Gasteiger partial charge on any atom is 0.261 e. The van der Waals surface area contributed by atoms with Gasteiger partial charge in [-0.25, -0.2) is 4.98 Å². The fourth-order valence-electron chi connectivity index (χ4n) is 2.93. The third-order valence-electron chi connectivity index (χ3n) is 4.09. The van der Waals surface area contributed by atoms with E-state index in [0.717, 1.165) is 17.6 Å². The lowest BCUT2D eigenvalue weighted by Crippen LogP contribution is -2.20. The second-order valence-electron chi connectivity index (χ2n) is 5.65. The zero-order valence-electron chi connectivity index (χ0n) is 12.4. The van der Waals surface area contributed by atoms with E-state index in [9.17, 15) is 4.79 Å². The fraction of sp³-hybridized carbons (Fsp3) is 0.111. The van der Waals surface area contributed by atoms with Crippen LogP contribution >= 0.6 is 34.8 Å². The zero-order valence-corrected chi connectivity index (χ0v) is 14.7. The van der Waals surface area contributed by atoms with Gasteiger partial charge >= 0.3 is 0 Å². The van der Waals surface area contributed by atoms with Gasteiger partial charge in [0.25, 0.3) is 5.56 Å². The topological polar surface area (TPSA) is 34.9 Å². The van der Waals surface area contributed by atoms with Crippen LogP contribution in [0.1, 0.15) is 17.8 Å². The molecule has 6 heteroatoms. The Kier molecular flexibility index (Phi) is 3.87. The van der Waals surface area contributed by atoms with Gasteiger partial charge in [-0.05, 0) is 54.0 Å². The molecule has 1 aliphatic rings. The number of aromatic nitrogens is 2. The summed E-state index contributed by atoms with van der Waals surface area (Å²) in [6, 6.07) is 10.6. The molecule has 0 bridgehead atoms. The Morgan fingerprint density at radius 3 is 2.67 bits per heavy atom. The van der Waals surface area contributed by atoms with Crippen molar-refractivity contribution in [2.45, 2.75) is 13.0 Å². The van der Waals surface area contributed by atoms with Crippen molar-refractivity contribution < 1.29 is 0 Å². The molecular weight excluding hydrogens is 367 g/mol. The van der Waals surface area contributed by atoms with E-state index >= 15 is 0 Å². The first kappa shape index (κ1) is 15.7. The first-order valence-electron chi connectivity index (χ1n) is 7.39. The van der Waals surface area contributed by atoms with Crippen LogP contribution in [0.2, 0.25) is 15.1 Å². The largest absolute Gasteiger partial charge is 0.292 e. The molecule has 0 N–H and O–H groups in total. The smallest absolute Gasteiger partial charge is 0.261 e. The van der Waals surface area contributed by atoms with E-state index in [1.54, 1.807) is 34.9 Å². The average Bonchev–Trinajstić information content (AvgIpc) is 2.94. The van der Waals surface area contributed by atoms with Crippen molar-refractivity contribution >= 4 is 57.4 Å². The minimum atomic E-state index is -0.0378. The van der Waals surface area contributed by atoms with Crippen molar-refractivity contribution in [3.05, 3.63) is 73.2 Å². The monoisotopic (exact) mass is 376 g/mol. The highest BCUT2D eigenvalue weighted by Gasteiger charge is 2.21. The first-order valence-corrected chi connectivity index (χ1v) is 8.52. The average molecular weight is 378 g/mol. The lowest BCUT2D eigenvalue weighted by atomic mass is 10.1. The van der Waals surface area contributed by atoms with Crippen LogP contribution in [0.4, 0.5) is 0 Å². The van der Waals surface area contributed by atoms with Crippen molar-refractivity contribution in [1.82, 2.24) is 9.55 Å². The Morgan fingerprint density at radius 2 is 1.88 bits per heavy atom. The van der Waals surface area contributed by atoms with Crippen LogP contribution in [-0.4, -0.2) is 9.55 Å². The van der Waals surface area contributed by atoms with Gasteiger partial charge in [0.05, 0.1) is 20.9 Å². The van der Waals surface area contributed by atoms with Gasteiger partial charge in [-0.2, -0.15) is 0 Å². The quantitative estimate of drug-likeness (QED) is 0.576. The van der Waals surface area contributed by atoms with Crippen molar-refractivity contribution in [2.75, 3.05) is 0 Å². The number of halogens is 3. The number of allylic oxidation sites excluding steroid dienone is 1. The Labute approximate surface area is 153 Å². The van der Waals surface area contributed by atoms with E-state index in [1.807, 2.05) is 12.1 Å². The third-order valence-corrected chi connectivity index (χ3v) is 5.07. The molecule has 0 aliphatic carbocycles. The Morgan fingerprint density at radius 1 is 1.04 bits per heavy atom. The van der Waals surface area contributed by atoms with E-state index in [2.05, 4.69) is 4.98 Å². The Balaban J connectivity index is 1.89. The molecule has 0 atom stereocenters. The lowest BCUT2D eigenvalue weighted by Gasteiger charge is -2.06. The molecule has 2 aromatic carbocycles. The molecule has 1 aromatic heterocycles. The summed E-state index contributed by atoms with van der Waals surface area (Å²) in [5.74, 6) is 0.681. The van der Waals surface area contributed by atoms with Crippen LogP contribution in [0.3, 0.4) is 0 Å². The maximum atomic E-state index is 12.6. The molecule has 3 aromatic rings. The van der Waals surface area contributed by atoms with Gasteiger partial charge < -0.3 is 0 Å². The SMILES string of the molecule is O=c1c2ccc(Cl)cc2nc2n1CC/C2=C\c1ccc(Cl)c(Cl)c1. The molecule has 2 heterocycles. The number of hydrogen-bond donors (Lipinski definition) is 0. The number of hydrogen-bond acceptors (Lipinski definition) is 2. The van der Waals surface area contributed by atoms with E-state index in [1.165, 1.54) is 0 Å². The van der Waals surface area contributed by atoms with Crippen LogP contribution in [0.15, 0.2) is 41.2 Å². The summed E-state index contributed by atoms with van der Waals surface area (Å²) in [7, 11) is 0. The standard InChI is InChI=1S/C18H11Cl3N2O/c19-12-2-3-13-16(9-12)22-17-11(5-6-23(17)18(13)24)7-10-1-4-14(20)15(21)8-10/h1-4,7-9H,5-6H2/b11-7+. The first-order chi connectivity index (χ1) is 11.5. The van der Waals surface area contributed by atoms with Gasteiger partial charge in [-0.1, -0.05) is 40.9 Å². The lowest BCUT2D eigenvalue weighted by molar-refractivity contribution is 0.725. The molecule has 0 spiro atoms. The van der Waals surface area contributed by atoms with Crippen molar-refractivity contribution in [3.8, 4) is 0 Å². The molecule has 24 heavy (non-hydrogen) atoms. The predicted molar refractivity (Wildman–Crippen MR) is 100.0 cm³/mol. The summed E-state index contributed by atoms with van der Waals surface area (Å²) in [5, 5.41) is 2.16. The summed E-state index contributed by atoms with van der Waals surface area (Å²) < 4.78 is 1.71. The molecule has 0 radical (unpaired) electrons. The van der Waals surface area contributed by atoms with Crippen LogP contribution in [0.5, 0.6) is 0 Å². The zero-order chi connectivity index (χ0) is 16.8. The molecule has 0 fully saturated rings. The summed E-state index contributed by atoms with van der Waals surface area (Å²) in [6.45, 7) is 0.618. The molecule has 0 amide bonds. The molecule has 3 nitrogen and oxygen atoms in total. The number of rotatable bonds is 1. The van der Waals surface area contributed by atoms with E-state index in [4.69, 9.17) is 34.8 Å². The van der Waals surface area contributed by atoms with Gasteiger partial charge in [0.2, 0.25) is 0 Å². The van der Waals surface area contributed by atoms with E-state index in [0.29, 0.717) is 38.3 Å². The molecule has 0 saturated carbocycles. The minimum absolute atomic E-state index is 0.0378. The van der Waals surface area contributed by atoms with Crippen LogP contribution in [-0.2, 0) is 6.54 Å². The molecule has 1 aliphatic heterocycles. The number of fused-ring (bicyclic) bond motifs is 2. The van der Waals surface area contributed by atoms with Gasteiger partial charge in [0, 0.05) is 11.6 Å².